The van der Waals surface area contributed by atoms with Gasteiger partial charge < -0.3 is 16.0 Å². The SMILES string of the molecule is NC(=O)c1ccc(N2CCCCC2)c(NC(=O)c2csc3c2CCCC3)c1. The van der Waals surface area contributed by atoms with E-state index in [-0.39, 0.29) is 5.91 Å². The van der Waals surface area contributed by atoms with Crippen molar-refractivity contribution in [2.45, 2.75) is 44.9 Å². The average Bonchev–Trinajstić information content (AvgIpc) is 3.13. The molecule has 4 rings (SSSR count). The molecule has 2 aromatic rings. The quantitative estimate of drug-likeness (QED) is 0.839. The summed E-state index contributed by atoms with van der Waals surface area (Å²) >= 11 is 1.69. The minimum absolute atomic E-state index is 0.0886. The van der Waals surface area contributed by atoms with Crippen LogP contribution in [0.4, 0.5) is 11.4 Å². The van der Waals surface area contributed by atoms with Gasteiger partial charge in [-0.05, 0) is 68.7 Å². The minimum atomic E-state index is -0.483. The third kappa shape index (κ3) is 3.72. The second kappa shape index (κ2) is 7.72. The molecule has 3 N–H and O–H groups in total. The maximum Gasteiger partial charge on any atom is 0.256 e. The molecule has 2 aliphatic rings. The van der Waals surface area contributed by atoms with Crippen molar-refractivity contribution in [1.82, 2.24) is 0 Å². The zero-order valence-electron chi connectivity index (χ0n) is 15.4. The molecular weight excluding hydrogens is 358 g/mol. The molecule has 5 nitrogen and oxygen atoms in total. The van der Waals surface area contributed by atoms with Crippen LogP contribution >= 0.6 is 11.3 Å². The van der Waals surface area contributed by atoms with Gasteiger partial charge in [-0.2, -0.15) is 0 Å². The van der Waals surface area contributed by atoms with Crippen molar-refractivity contribution in [3.63, 3.8) is 0 Å². The summed E-state index contributed by atoms with van der Waals surface area (Å²) in [6.07, 6.45) is 7.91. The Morgan fingerprint density at radius 1 is 1.04 bits per heavy atom. The highest BCUT2D eigenvalue weighted by Gasteiger charge is 2.22. The zero-order valence-corrected chi connectivity index (χ0v) is 16.2. The lowest BCUT2D eigenvalue weighted by molar-refractivity contribution is 0.0996. The number of primary amides is 1. The Morgan fingerprint density at radius 3 is 2.59 bits per heavy atom. The van der Waals surface area contributed by atoms with Crippen LogP contribution in [0, 0.1) is 0 Å². The molecule has 27 heavy (non-hydrogen) atoms. The van der Waals surface area contributed by atoms with Gasteiger partial charge in [-0.1, -0.05) is 0 Å². The van der Waals surface area contributed by atoms with E-state index < -0.39 is 5.91 Å². The van der Waals surface area contributed by atoms with E-state index in [0.717, 1.165) is 56.4 Å². The van der Waals surface area contributed by atoms with Gasteiger partial charge >= 0.3 is 0 Å². The molecule has 2 heterocycles. The van der Waals surface area contributed by atoms with Crippen molar-refractivity contribution in [1.29, 1.82) is 0 Å². The smallest absolute Gasteiger partial charge is 0.256 e. The molecule has 0 atom stereocenters. The van der Waals surface area contributed by atoms with Gasteiger partial charge in [0, 0.05) is 28.9 Å². The lowest BCUT2D eigenvalue weighted by atomic mass is 9.95. The molecule has 0 radical (unpaired) electrons. The molecule has 6 heteroatoms. The predicted molar refractivity (Wildman–Crippen MR) is 110 cm³/mol. The van der Waals surface area contributed by atoms with Crippen molar-refractivity contribution >= 4 is 34.5 Å². The van der Waals surface area contributed by atoms with Crippen molar-refractivity contribution in [3.05, 3.63) is 45.1 Å². The fraction of sp³-hybridized carbons (Fsp3) is 0.429. The Hall–Kier alpha value is -2.34. The van der Waals surface area contributed by atoms with Gasteiger partial charge in [0.25, 0.3) is 5.91 Å². The van der Waals surface area contributed by atoms with Gasteiger partial charge in [0.1, 0.15) is 0 Å². The Labute approximate surface area is 163 Å². The van der Waals surface area contributed by atoms with Crippen LogP contribution in [-0.4, -0.2) is 24.9 Å². The molecule has 1 aromatic heterocycles. The number of rotatable bonds is 4. The topological polar surface area (TPSA) is 75.4 Å². The Kier molecular flexibility index (Phi) is 5.16. The highest BCUT2D eigenvalue weighted by molar-refractivity contribution is 7.10. The number of carbonyl (C=O) groups excluding carboxylic acids is 2. The molecule has 2 amide bonds. The van der Waals surface area contributed by atoms with E-state index in [1.54, 1.807) is 23.5 Å². The Balaban J connectivity index is 1.64. The van der Waals surface area contributed by atoms with Gasteiger partial charge in [-0.25, -0.2) is 0 Å². The Bertz CT molecular complexity index is 868. The van der Waals surface area contributed by atoms with Crippen molar-refractivity contribution in [2.75, 3.05) is 23.3 Å². The van der Waals surface area contributed by atoms with E-state index in [2.05, 4.69) is 10.2 Å². The van der Waals surface area contributed by atoms with E-state index in [4.69, 9.17) is 5.73 Å². The van der Waals surface area contributed by atoms with Crippen LogP contribution in [0.1, 0.15) is 63.3 Å². The van der Waals surface area contributed by atoms with Crippen LogP contribution in [0.25, 0.3) is 0 Å². The first-order chi connectivity index (χ1) is 13.1. The number of benzene rings is 1. The number of nitrogens with zero attached hydrogens (tertiary/aromatic N) is 1. The summed E-state index contributed by atoms with van der Waals surface area (Å²) in [6.45, 7) is 1.93. The van der Waals surface area contributed by atoms with E-state index >= 15 is 0 Å². The van der Waals surface area contributed by atoms with Gasteiger partial charge in [0.2, 0.25) is 5.91 Å². The molecule has 0 spiro atoms. The largest absolute Gasteiger partial charge is 0.370 e. The lowest BCUT2D eigenvalue weighted by Crippen LogP contribution is -2.30. The number of piperidine rings is 1. The third-order valence-corrected chi connectivity index (χ3v) is 6.62. The van der Waals surface area contributed by atoms with Gasteiger partial charge in [-0.3, -0.25) is 9.59 Å². The van der Waals surface area contributed by atoms with Crippen molar-refractivity contribution in [2.24, 2.45) is 5.73 Å². The van der Waals surface area contributed by atoms with E-state index in [9.17, 15) is 9.59 Å². The fourth-order valence-electron chi connectivity index (χ4n) is 4.07. The summed E-state index contributed by atoms with van der Waals surface area (Å²) in [7, 11) is 0. The van der Waals surface area contributed by atoms with Crippen LogP contribution in [0.5, 0.6) is 0 Å². The number of aryl methyl sites for hydroxylation is 1. The number of fused-ring (bicyclic) bond motifs is 1. The lowest BCUT2D eigenvalue weighted by Gasteiger charge is -2.30. The predicted octanol–water partition coefficient (Wildman–Crippen LogP) is 3.97. The monoisotopic (exact) mass is 383 g/mol. The average molecular weight is 384 g/mol. The first-order valence-electron chi connectivity index (χ1n) is 9.73. The molecule has 0 bridgehead atoms. The molecule has 0 unspecified atom stereocenters. The number of hydrogen-bond acceptors (Lipinski definition) is 4. The molecule has 1 aliphatic heterocycles. The zero-order chi connectivity index (χ0) is 18.8. The highest BCUT2D eigenvalue weighted by atomic mass is 32.1. The van der Waals surface area contributed by atoms with E-state index in [1.165, 1.54) is 23.3 Å². The van der Waals surface area contributed by atoms with Crippen LogP contribution in [0.15, 0.2) is 23.6 Å². The number of nitrogens with two attached hydrogens (primary N) is 1. The van der Waals surface area contributed by atoms with Crippen LogP contribution in [-0.2, 0) is 12.8 Å². The van der Waals surface area contributed by atoms with Gasteiger partial charge in [0.05, 0.1) is 16.9 Å². The standard InChI is InChI=1S/C21H25N3O2S/c22-20(25)14-8-9-18(24-10-4-1-5-11-24)17(12-14)23-21(26)16-13-27-19-7-3-2-6-15(16)19/h8-9,12-13H,1-7,10-11H2,(H2,22,25)(H,23,26). The summed E-state index contributed by atoms with van der Waals surface area (Å²) in [6, 6.07) is 5.36. The number of anilines is 2. The number of nitrogens with one attached hydrogen (secondary N) is 1. The summed E-state index contributed by atoms with van der Waals surface area (Å²) in [5.41, 5.74) is 9.51. The third-order valence-electron chi connectivity index (χ3n) is 5.53. The van der Waals surface area contributed by atoms with Crippen molar-refractivity contribution in [3.8, 4) is 0 Å². The molecule has 1 fully saturated rings. The van der Waals surface area contributed by atoms with Gasteiger partial charge in [-0.15, -0.1) is 11.3 Å². The molecule has 0 saturated carbocycles. The van der Waals surface area contributed by atoms with Crippen LogP contribution in [0.3, 0.4) is 0 Å². The maximum atomic E-state index is 13.0. The first kappa shape index (κ1) is 18.0. The highest BCUT2D eigenvalue weighted by Crippen LogP contribution is 2.33. The normalized spacial score (nSPS) is 16.7. The second-order valence-electron chi connectivity index (χ2n) is 7.36. The maximum absolute atomic E-state index is 13.0. The summed E-state index contributed by atoms with van der Waals surface area (Å²) in [5.74, 6) is -0.571. The van der Waals surface area contributed by atoms with Crippen LogP contribution < -0.4 is 16.0 Å². The van der Waals surface area contributed by atoms with Crippen molar-refractivity contribution < 1.29 is 9.59 Å². The van der Waals surface area contributed by atoms with E-state index in [1.807, 2.05) is 11.4 Å². The molecule has 142 valence electrons. The molecule has 1 aromatic carbocycles. The second-order valence-corrected chi connectivity index (χ2v) is 8.32. The summed E-state index contributed by atoms with van der Waals surface area (Å²) < 4.78 is 0. The molecule has 1 saturated heterocycles. The number of carbonyl (C=O) groups is 2. The minimum Gasteiger partial charge on any atom is -0.370 e. The number of thiophene rings is 1. The summed E-state index contributed by atoms with van der Waals surface area (Å²) in [4.78, 5) is 28.3. The molecule has 1 aliphatic carbocycles. The first-order valence-corrected chi connectivity index (χ1v) is 10.6. The number of amides is 2. The number of hydrogen-bond donors (Lipinski definition) is 2. The van der Waals surface area contributed by atoms with Gasteiger partial charge in [0.15, 0.2) is 0 Å². The van der Waals surface area contributed by atoms with Crippen LogP contribution in [0.2, 0.25) is 0 Å². The molecular formula is C21H25N3O2S. The Morgan fingerprint density at radius 2 is 1.81 bits per heavy atom. The van der Waals surface area contributed by atoms with E-state index in [0.29, 0.717) is 11.3 Å². The summed E-state index contributed by atoms with van der Waals surface area (Å²) in [5, 5.41) is 5.05. The fourth-order valence-corrected chi connectivity index (χ4v) is 5.20.